The van der Waals surface area contributed by atoms with Gasteiger partial charge in [-0.15, -0.1) is 0 Å². The van der Waals surface area contributed by atoms with Gasteiger partial charge in [-0.2, -0.15) is 0 Å². The molecule has 0 aliphatic carbocycles. The summed E-state index contributed by atoms with van der Waals surface area (Å²) in [4.78, 5) is 6.75. The highest BCUT2D eigenvalue weighted by Gasteiger charge is 2.26. The Morgan fingerprint density at radius 1 is 1.60 bits per heavy atom. The van der Waals surface area contributed by atoms with E-state index in [1.807, 2.05) is 19.4 Å². The van der Waals surface area contributed by atoms with Crippen LogP contribution in [0.1, 0.15) is 25.7 Å². The lowest BCUT2D eigenvalue weighted by Crippen LogP contribution is -2.31. The average molecular weight is 209 g/mol. The van der Waals surface area contributed by atoms with E-state index in [0.717, 1.165) is 25.3 Å². The number of aryl methyl sites for hydroxylation is 1. The molecule has 1 aliphatic rings. The van der Waals surface area contributed by atoms with Crippen molar-refractivity contribution in [3.05, 3.63) is 12.4 Å². The number of imidazole rings is 1. The van der Waals surface area contributed by atoms with Crippen LogP contribution < -0.4 is 4.90 Å². The molecule has 2 heterocycles. The van der Waals surface area contributed by atoms with E-state index < -0.39 is 0 Å². The lowest BCUT2D eigenvalue weighted by molar-refractivity contribution is 0.279. The Labute approximate surface area is 90.5 Å². The number of anilines is 1. The van der Waals surface area contributed by atoms with E-state index in [0.29, 0.717) is 12.6 Å². The van der Waals surface area contributed by atoms with Gasteiger partial charge in [-0.1, -0.05) is 0 Å². The Hall–Kier alpha value is -1.03. The Morgan fingerprint density at radius 2 is 2.47 bits per heavy atom. The maximum Gasteiger partial charge on any atom is 0.205 e. The second-order valence-corrected chi connectivity index (χ2v) is 4.19. The van der Waals surface area contributed by atoms with Gasteiger partial charge in [0.2, 0.25) is 5.95 Å². The van der Waals surface area contributed by atoms with Crippen molar-refractivity contribution in [2.75, 3.05) is 18.1 Å². The van der Waals surface area contributed by atoms with Gasteiger partial charge in [0, 0.05) is 38.6 Å². The molecule has 2 rings (SSSR count). The molecule has 1 fully saturated rings. The minimum Gasteiger partial charge on any atom is -0.396 e. The summed E-state index contributed by atoms with van der Waals surface area (Å²) in [5.41, 5.74) is 0. The molecule has 1 atom stereocenters. The van der Waals surface area contributed by atoms with Crippen LogP contribution in [-0.4, -0.2) is 33.9 Å². The molecule has 1 aromatic heterocycles. The molecule has 0 saturated carbocycles. The van der Waals surface area contributed by atoms with Crippen molar-refractivity contribution < 1.29 is 5.11 Å². The highest BCUT2D eigenvalue weighted by atomic mass is 16.2. The third-order valence-corrected chi connectivity index (χ3v) is 3.13. The van der Waals surface area contributed by atoms with Crippen LogP contribution in [0.25, 0.3) is 0 Å². The van der Waals surface area contributed by atoms with Crippen LogP contribution in [0.15, 0.2) is 12.4 Å². The number of aliphatic hydroxyl groups excluding tert-OH is 1. The molecule has 1 aliphatic heterocycles. The molecule has 1 unspecified atom stereocenters. The highest BCUT2D eigenvalue weighted by Crippen LogP contribution is 2.26. The Kier molecular flexibility index (Phi) is 3.26. The number of aromatic nitrogens is 2. The van der Waals surface area contributed by atoms with E-state index in [1.54, 1.807) is 0 Å². The zero-order valence-electron chi connectivity index (χ0n) is 9.26. The zero-order chi connectivity index (χ0) is 10.7. The number of hydrogen-bond donors (Lipinski definition) is 1. The van der Waals surface area contributed by atoms with E-state index >= 15 is 0 Å². The first-order chi connectivity index (χ1) is 7.33. The minimum absolute atomic E-state index is 0.297. The number of hydrogen-bond acceptors (Lipinski definition) is 3. The lowest BCUT2D eigenvalue weighted by Gasteiger charge is -2.25. The molecule has 1 aromatic rings. The van der Waals surface area contributed by atoms with Gasteiger partial charge in [-0.25, -0.2) is 4.98 Å². The maximum atomic E-state index is 8.86. The monoisotopic (exact) mass is 209 g/mol. The fraction of sp³-hybridized carbons (Fsp3) is 0.727. The van der Waals surface area contributed by atoms with Crippen molar-refractivity contribution in [2.45, 2.75) is 31.7 Å². The average Bonchev–Trinajstić information content (AvgIpc) is 2.82. The molecular formula is C11H19N3O. The summed E-state index contributed by atoms with van der Waals surface area (Å²) in [5, 5.41) is 8.86. The molecule has 4 heteroatoms. The van der Waals surface area contributed by atoms with Crippen LogP contribution in [0, 0.1) is 0 Å². The van der Waals surface area contributed by atoms with Gasteiger partial charge in [0.25, 0.3) is 0 Å². The summed E-state index contributed by atoms with van der Waals surface area (Å²) < 4.78 is 2.07. The van der Waals surface area contributed by atoms with E-state index in [1.165, 1.54) is 12.8 Å². The van der Waals surface area contributed by atoms with Crippen LogP contribution in [0.5, 0.6) is 0 Å². The van der Waals surface area contributed by atoms with Crippen LogP contribution in [0.3, 0.4) is 0 Å². The summed E-state index contributed by atoms with van der Waals surface area (Å²) in [5.74, 6) is 1.07. The van der Waals surface area contributed by atoms with Crippen LogP contribution >= 0.6 is 0 Å². The van der Waals surface area contributed by atoms with E-state index in [9.17, 15) is 0 Å². The van der Waals surface area contributed by atoms with Crippen molar-refractivity contribution in [1.82, 2.24) is 9.55 Å². The fourth-order valence-electron chi connectivity index (χ4n) is 2.36. The number of rotatable bonds is 4. The third kappa shape index (κ3) is 2.15. The predicted octanol–water partition coefficient (Wildman–Crippen LogP) is 1.16. The molecule has 1 N–H and O–H groups in total. The van der Waals surface area contributed by atoms with Crippen molar-refractivity contribution in [1.29, 1.82) is 0 Å². The second-order valence-electron chi connectivity index (χ2n) is 4.19. The predicted molar refractivity (Wildman–Crippen MR) is 59.9 cm³/mol. The molecule has 0 aromatic carbocycles. The number of aliphatic hydroxyl groups is 1. The standard InChI is InChI=1S/C11H19N3O/c1-13-8-6-12-11(13)14-7-2-4-10(14)5-3-9-15/h6,8,10,15H,2-5,7,9H2,1H3. The van der Waals surface area contributed by atoms with Crippen LogP contribution in [0.2, 0.25) is 0 Å². The summed E-state index contributed by atoms with van der Waals surface area (Å²) in [6, 6.07) is 0.568. The number of nitrogens with zero attached hydrogens (tertiary/aromatic N) is 3. The van der Waals surface area contributed by atoms with Gasteiger partial charge < -0.3 is 14.6 Å². The van der Waals surface area contributed by atoms with Gasteiger partial charge in [0.1, 0.15) is 0 Å². The molecule has 0 spiro atoms. The van der Waals surface area contributed by atoms with E-state index in [-0.39, 0.29) is 0 Å². The van der Waals surface area contributed by atoms with Crippen molar-refractivity contribution in [3.63, 3.8) is 0 Å². The summed E-state index contributed by atoms with van der Waals surface area (Å²) >= 11 is 0. The quantitative estimate of drug-likeness (QED) is 0.809. The topological polar surface area (TPSA) is 41.3 Å². The SMILES string of the molecule is Cn1ccnc1N1CCCC1CCCO. The maximum absolute atomic E-state index is 8.86. The van der Waals surface area contributed by atoms with E-state index in [2.05, 4.69) is 14.5 Å². The Balaban J connectivity index is 2.04. The van der Waals surface area contributed by atoms with Gasteiger partial charge >= 0.3 is 0 Å². The molecule has 0 radical (unpaired) electrons. The molecule has 0 amide bonds. The van der Waals surface area contributed by atoms with Gasteiger partial charge in [0.05, 0.1) is 0 Å². The normalized spacial score (nSPS) is 21.2. The molecule has 84 valence electrons. The molecule has 4 nitrogen and oxygen atoms in total. The highest BCUT2D eigenvalue weighted by molar-refractivity contribution is 5.34. The molecule has 15 heavy (non-hydrogen) atoms. The molecule has 0 bridgehead atoms. The molecule has 1 saturated heterocycles. The molecular weight excluding hydrogens is 190 g/mol. The van der Waals surface area contributed by atoms with E-state index in [4.69, 9.17) is 5.11 Å². The fourth-order valence-corrected chi connectivity index (χ4v) is 2.36. The Morgan fingerprint density at radius 3 is 3.13 bits per heavy atom. The smallest absolute Gasteiger partial charge is 0.205 e. The largest absolute Gasteiger partial charge is 0.396 e. The Bertz CT molecular complexity index is 311. The van der Waals surface area contributed by atoms with Gasteiger partial charge in [-0.05, 0) is 25.7 Å². The summed E-state index contributed by atoms with van der Waals surface area (Å²) in [6.45, 7) is 1.39. The summed E-state index contributed by atoms with van der Waals surface area (Å²) in [7, 11) is 2.03. The zero-order valence-corrected chi connectivity index (χ0v) is 9.26. The van der Waals surface area contributed by atoms with Crippen molar-refractivity contribution in [2.24, 2.45) is 7.05 Å². The summed E-state index contributed by atoms with van der Waals surface area (Å²) in [6.07, 6.45) is 8.26. The van der Waals surface area contributed by atoms with Crippen LogP contribution in [-0.2, 0) is 7.05 Å². The van der Waals surface area contributed by atoms with Gasteiger partial charge in [-0.3, -0.25) is 0 Å². The third-order valence-electron chi connectivity index (χ3n) is 3.13. The van der Waals surface area contributed by atoms with Gasteiger partial charge in [0.15, 0.2) is 0 Å². The van der Waals surface area contributed by atoms with Crippen molar-refractivity contribution in [3.8, 4) is 0 Å². The first-order valence-corrected chi connectivity index (χ1v) is 5.67. The lowest BCUT2D eigenvalue weighted by atomic mass is 10.1. The first kappa shape index (κ1) is 10.5. The second kappa shape index (κ2) is 4.66. The first-order valence-electron chi connectivity index (χ1n) is 5.67. The minimum atomic E-state index is 0.297. The van der Waals surface area contributed by atoms with Crippen LogP contribution in [0.4, 0.5) is 5.95 Å². The van der Waals surface area contributed by atoms with Crippen molar-refractivity contribution >= 4 is 5.95 Å².